The second kappa shape index (κ2) is 8.46. The number of benzene rings is 1. The number of rotatable bonds is 5. The first-order chi connectivity index (χ1) is 11.3. The maximum Gasteiger partial charge on any atom is 0.321 e. The lowest BCUT2D eigenvalue weighted by Gasteiger charge is -2.34. The van der Waals surface area contributed by atoms with Crippen LogP contribution in [0.3, 0.4) is 0 Å². The van der Waals surface area contributed by atoms with Crippen molar-refractivity contribution in [2.45, 2.75) is 20.0 Å². The number of carbonyl (C=O) groups is 1. The van der Waals surface area contributed by atoms with Gasteiger partial charge in [0, 0.05) is 52.0 Å². The number of likely N-dealkylation sites (N-methyl/N-ethyl adjacent to an activating group) is 2. The van der Waals surface area contributed by atoms with Crippen molar-refractivity contribution in [3.63, 3.8) is 0 Å². The molecule has 0 spiro atoms. The number of nitrogens with zero attached hydrogens (tertiary/aromatic N) is 3. The van der Waals surface area contributed by atoms with Crippen LogP contribution < -0.4 is 5.32 Å². The molecule has 134 valence electrons. The van der Waals surface area contributed by atoms with E-state index in [0.29, 0.717) is 13.1 Å². The summed E-state index contributed by atoms with van der Waals surface area (Å²) in [5.41, 5.74) is 3.12. The second-order valence-corrected chi connectivity index (χ2v) is 6.87. The van der Waals surface area contributed by atoms with Gasteiger partial charge in [-0.25, -0.2) is 4.79 Å². The summed E-state index contributed by atoms with van der Waals surface area (Å²) in [5, 5.41) is 13.1. The zero-order chi connectivity index (χ0) is 17.7. The Balaban J connectivity index is 1.78. The van der Waals surface area contributed by atoms with Crippen molar-refractivity contribution < 1.29 is 9.90 Å². The standard InChI is InChI=1S/C18H30N4O2/c1-14-5-6-16(11-15(14)2)19-18(24)21(4)12-17(23)13-22-9-7-20(3)8-10-22/h5-6,11,17,23H,7-10,12-13H2,1-4H3,(H,19,24). The van der Waals surface area contributed by atoms with E-state index < -0.39 is 6.10 Å². The van der Waals surface area contributed by atoms with Gasteiger partial charge in [0.25, 0.3) is 0 Å². The van der Waals surface area contributed by atoms with E-state index in [1.54, 1.807) is 7.05 Å². The van der Waals surface area contributed by atoms with Crippen LogP contribution in [-0.2, 0) is 0 Å². The van der Waals surface area contributed by atoms with E-state index in [1.165, 1.54) is 10.5 Å². The maximum absolute atomic E-state index is 12.3. The monoisotopic (exact) mass is 334 g/mol. The molecule has 1 fully saturated rings. The molecule has 0 aliphatic carbocycles. The number of aliphatic hydroxyl groups is 1. The Hall–Kier alpha value is -1.63. The van der Waals surface area contributed by atoms with E-state index in [0.717, 1.165) is 37.4 Å². The molecule has 1 aliphatic heterocycles. The predicted octanol–water partition coefficient (Wildman–Crippen LogP) is 1.38. The third-order valence-corrected chi connectivity index (χ3v) is 4.65. The number of hydrogen-bond donors (Lipinski definition) is 2. The highest BCUT2D eigenvalue weighted by Crippen LogP contribution is 2.14. The number of piperazine rings is 1. The number of anilines is 1. The van der Waals surface area contributed by atoms with Gasteiger partial charge in [-0.1, -0.05) is 6.07 Å². The highest BCUT2D eigenvalue weighted by molar-refractivity contribution is 5.89. The molecular formula is C18H30N4O2. The average molecular weight is 334 g/mol. The van der Waals surface area contributed by atoms with Gasteiger partial charge < -0.3 is 20.2 Å². The Morgan fingerprint density at radius 1 is 1.25 bits per heavy atom. The molecule has 0 saturated carbocycles. The number of urea groups is 1. The van der Waals surface area contributed by atoms with Crippen molar-refractivity contribution in [1.82, 2.24) is 14.7 Å². The molecule has 0 radical (unpaired) electrons. The van der Waals surface area contributed by atoms with Crippen LogP contribution in [0.15, 0.2) is 18.2 Å². The number of aliphatic hydroxyl groups excluding tert-OH is 1. The van der Waals surface area contributed by atoms with E-state index in [1.807, 2.05) is 32.0 Å². The van der Waals surface area contributed by atoms with Gasteiger partial charge in [-0.05, 0) is 44.2 Å². The van der Waals surface area contributed by atoms with Gasteiger partial charge in [-0.2, -0.15) is 0 Å². The summed E-state index contributed by atoms with van der Waals surface area (Å²) >= 11 is 0. The van der Waals surface area contributed by atoms with E-state index in [4.69, 9.17) is 0 Å². The van der Waals surface area contributed by atoms with Crippen LogP contribution in [0.4, 0.5) is 10.5 Å². The number of β-amino-alcohol motifs (C(OH)–C–C–N with tert-alkyl or cyclic N) is 1. The molecule has 6 heteroatoms. The third kappa shape index (κ3) is 5.47. The fourth-order valence-corrected chi connectivity index (χ4v) is 2.82. The van der Waals surface area contributed by atoms with Gasteiger partial charge in [-0.15, -0.1) is 0 Å². The molecule has 6 nitrogen and oxygen atoms in total. The highest BCUT2D eigenvalue weighted by Gasteiger charge is 2.19. The molecule has 1 saturated heterocycles. The van der Waals surface area contributed by atoms with Crippen molar-refractivity contribution in [3.05, 3.63) is 29.3 Å². The second-order valence-electron chi connectivity index (χ2n) is 6.87. The molecule has 2 N–H and O–H groups in total. The van der Waals surface area contributed by atoms with Crippen molar-refractivity contribution in [2.75, 3.05) is 58.7 Å². The number of nitrogens with one attached hydrogen (secondary N) is 1. The van der Waals surface area contributed by atoms with Crippen LogP contribution in [0.25, 0.3) is 0 Å². The van der Waals surface area contributed by atoms with E-state index >= 15 is 0 Å². The normalized spacial score (nSPS) is 17.5. The van der Waals surface area contributed by atoms with Crippen LogP contribution in [0.2, 0.25) is 0 Å². The topological polar surface area (TPSA) is 59.1 Å². The van der Waals surface area contributed by atoms with Gasteiger partial charge >= 0.3 is 6.03 Å². The Bertz CT molecular complexity index is 556. The lowest BCUT2D eigenvalue weighted by Crippen LogP contribution is -2.49. The van der Waals surface area contributed by atoms with Crippen molar-refractivity contribution in [3.8, 4) is 0 Å². The van der Waals surface area contributed by atoms with Crippen molar-refractivity contribution in [1.29, 1.82) is 0 Å². The first kappa shape index (κ1) is 18.7. The minimum atomic E-state index is -0.538. The summed E-state index contributed by atoms with van der Waals surface area (Å²) in [5.74, 6) is 0. The summed E-state index contributed by atoms with van der Waals surface area (Å²) in [4.78, 5) is 18.3. The highest BCUT2D eigenvalue weighted by atomic mass is 16.3. The maximum atomic E-state index is 12.3. The third-order valence-electron chi connectivity index (χ3n) is 4.65. The summed E-state index contributed by atoms with van der Waals surface area (Å²) in [6.07, 6.45) is -0.538. The van der Waals surface area contributed by atoms with Gasteiger partial charge in [0.2, 0.25) is 0 Å². The minimum absolute atomic E-state index is 0.198. The minimum Gasteiger partial charge on any atom is -0.390 e. The van der Waals surface area contributed by atoms with E-state index in [2.05, 4.69) is 22.2 Å². The molecule has 0 bridgehead atoms. The molecule has 1 aromatic rings. The first-order valence-electron chi connectivity index (χ1n) is 8.53. The Morgan fingerprint density at radius 3 is 2.54 bits per heavy atom. The lowest BCUT2D eigenvalue weighted by atomic mass is 10.1. The number of hydrogen-bond acceptors (Lipinski definition) is 4. The summed E-state index contributed by atoms with van der Waals surface area (Å²) in [6.45, 7) is 8.97. The van der Waals surface area contributed by atoms with Crippen LogP contribution >= 0.6 is 0 Å². The molecule has 24 heavy (non-hydrogen) atoms. The zero-order valence-corrected chi connectivity index (χ0v) is 15.2. The smallest absolute Gasteiger partial charge is 0.321 e. The van der Waals surface area contributed by atoms with Gasteiger partial charge in [0.15, 0.2) is 0 Å². The van der Waals surface area contributed by atoms with Crippen LogP contribution in [-0.4, -0.2) is 85.3 Å². The molecule has 1 heterocycles. The SMILES string of the molecule is Cc1ccc(NC(=O)N(C)CC(O)CN2CCN(C)CC2)cc1C. The number of aryl methyl sites for hydroxylation is 2. The zero-order valence-electron chi connectivity index (χ0n) is 15.2. The van der Waals surface area contributed by atoms with E-state index in [9.17, 15) is 9.90 Å². The quantitative estimate of drug-likeness (QED) is 0.854. The molecule has 1 atom stereocenters. The Labute approximate surface area is 145 Å². The average Bonchev–Trinajstić information content (AvgIpc) is 2.53. The molecule has 0 aromatic heterocycles. The summed E-state index contributed by atoms with van der Waals surface area (Å²) in [6, 6.07) is 5.65. The molecule has 2 amide bonds. The van der Waals surface area contributed by atoms with E-state index in [-0.39, 0.29) is 6.03 Å². The summed E-state index contributed by atoms with van der Waals surface area (Å²) in [7, 11) is 3.82. The van der Waals surface area contributed by atoms with Gasteiger partial charge in [-0.3, -0.25) is 4.90 Å². The van der Waals surface area contributed by atoms with Crippen molar-refractivity contribution in [2.24, 2.45) is 0 Å². The Morgan fingerprint density at radius 2 is 1.92 bits per heavy atom. The fraction of sp³-hybridized carbons (Fsp3) is 0.611. The molecular weight excluding hydrogens is 304 g/mol. The summed E-state index contributed by atoms with van der Waals surface area (Å²) < 4.78 is 0. The molecule has 1 aromatic carbocycles. The van der Waals surface area contributed by atoms with Crippen LogP contribution in [0, 0.1) is 13.8 Å². The molecule has 2 rings (SSSR count). The Kier molecular flexibility index (Phi) is 6.60. The number of amides is 2. The molecule has 1 aliphatic rings. The fourth-order valence-electron chi connectivity index (χ4n) is 2.82. The lowest BCUT2D eigenvalue weighted by molar-refractivity contribution is 0.0670. The van der Waals surface area contributed by atoms with Crippen molar-refractivity contribution >= 4 is 11.7 Å². The van der Waals surface area contributed by atoms with Gasteiger partial charge in [0.1, 0.15) is 0 Å². The van der Waals surface area contributed by atoms with Gasteiger partial charge in [0.05, 0.1) is 6.10 Å². The first-order valence-corrected chi connectivity index (χ1v) is 8.53. The largest absolute Gasteiger partial charge is 0.390 e. The number of carbonyl (C=O) groups excluding carboxylic acids is 1. The predicted molar refractivity (Wildman–Crippen MR) is 97.5 cm³/mol. The molecule has 1 unspecified atom stereocenters. The van der Waals surface area contributed by atoms with Crippen LogP contribution in [0.5, 0.6) is 0 Å². The van der Waals surface area contributed by atoms with Crippen LogP contribution in [0.1, 0.15) is 11.1 Å².